The molecule has 3 aromatic rings. The molecule has 1 saturated heterocycles. The Morgan fingerprint density at radius 2 is 1.82 bits per heavy atom. The molecule has 0 saturated carbocycles. The fourth-order valence-corrected chi connectivity index (χ4v) is 3.96. The van der Waals surface area contributed by atoms with E-state index in [2.05, 4.69) is 20.1 Å². The van der Waals surface area contributed by atoms with Crippen LogP contribution in [0.2, 0.25) is 0 Å². The second kappa shape index (κ2) is 8.35. The van der Waals surface area contributed by atoms with Gasteiger partial charge in [-0.15, -0.1) is 0 Å². The minimum absolute atomic E-state index is 0.0476. The Balaban J connectivity index is 1.33. The lowest BCUT2D eigenvalue weighted by Gasteiger charge is -2.36. The van der Waals surface area contributed by atoms with Crippen LogP contribution in [-0.2, 0) is 5.75 Å². The van der Waals surface area contributed by atoms with Gasteiger partial charge in [0.2, 0.25) is 0 Å². The van der Waals surface area contributed by atoms with Crippen LogP contribution in [0.5, 0.6) is 5.75 Å². The first-order valence-electron chi connectivity index (χ1n) is 9.10. The number of phenolic OH excluding ortho intramolecular Hbond substituents is 1. The van der Waals surface area contributed by atoms with Gasteiger partial charge in [0.1, 0.15) is 12.1 Å². The van der Waals surface area contributed by atoms with Gasteiger partial charge in [0.25, 0.3) is 5.91 Å². The van der Waals surface area contributed by atoms with E-state index in [1.54, 1.807) is 17.8 Å². The van der Waals surface area contributed by atoms with Gasteiger partial charge >= 0.3 is 0 Å². The maximum absolute atomic E-state index is 12.8. The van der Waals surface area contributed by atoms with Gasteiger partial charge < -0.3 is 14.9 Å². The van der Waals surface area contributed by atoms with E-state index in [4.69, 9.17) is 0 Å². The van der Waals surface area contributed by atoms with Crippen LogP contribution in [0.1, 0.15) is 15.9 Å². The number of amides is 1. The highest BCUT2D eigenvalue weighted by Crippen LogP contribution is 2.27. The number of piperazine rings is 1. The number of benzene rings is 2. The van der Waals surface area contributed by atoms with Crippen LogP contribution in [-0.4, -0.2) is 57.3 Å². The second-order valence-electron chi connectivity index (χ2n) is 6.54. The molecule has 0 unspecified atom stereocenters. The summed E-state index contributed by atoms with van der Waals surface area (Å²) in [6.45, 7) is 2.68. The molecule has 28 heavy (non-hydrogen) atoms. The number of aromatic nitrogens is 3. The number of anilines is 1. The van der Waals surface area contributed by atoms with Crippen molar-refractivity contribution in [3.8, 4) is 5.75 Å². The summed E-state index contributed by atoms with van der Waals surface area (Å²) in [6, 6.07) is 15.0. The largest absolute Gasteiger partial charge is 0.506 e. The van der Waals surface area contributed by atoms with Gasteiger partial charge in [-0.1, -0.05) is 36.0 Å². The third-order valence-corrected chi connectivity index (χ3v) is 5.71. The fourth-order valence-electron chi connectivity index (χ4n) is 3.22. The highest BCUT2D eigenvalue weighted by molar-refractivity contribution is 7.98. The summed E-state index contributed by atoms with van der Waals surface area (Å²) in [5, 5.41) is 17.4. The topological polar surface area (TPSA) is 85.4 Å². The Hall–Kier alpha value is -3.00. The Bertz CT molecular complexity index is 922. The van der Waals surface area contributed by atoms with Gasteiger partial charge in [0.05, 0.1) is 5.69 Å². The fraction of sp³-hybridized carbons (Fsp3) is 0.250. The van der Waals surface area contributed by atoms with Crippen molar-refractivity contribution in [1.82, 2.24) is 20.1 Å². The lowest BCUT2D eigenvalue weighted by molar-refractivity contribution is 0.0746. The van der Waals surface area contributed by atoms with E-state index >= 15 is 0 Å². The van der Waals surface area contributed by atoms with Crippen LogP contribution >= 0.6 is 11.8 Å². The number of hydrogen-bond acceptors (Lipinski definition) is 6. The number of carbonyl (C=O) groups excluding carboxylic acids is 1. The number of thioether (sulfide) groups is 1. The predicted molar refractivity (Wildman–Crippen MR) is 109 cm³/mol. The first-order valence-corrected chi connectivity index (χ1v) is 10.1. The maximum Gasteiger partial charge on any atom is 0.253 e. The lowest BCUT2D eigenvalue weighted by Crippen LogP contribution is -2.48. The molecule has 0 spiro atoms. The van der Waals surface area contributed by atoms with E-state index in [0.717, 1.165) is 22.2 Å². The smallest absolute Gasteiger partial charge is 0.253 e. The minimum Gasteiger partial charge on any atom is -0.506 e. The van der Waals surface area contributed by atoms with Gasteiger partial charge in [-0.2, -0.15) is 5.10 Å². The number of nitrogens with one attached hydrogen (secondary N) is 1. The molecule has 2 N–H and O–H groups in total. The van der Waals surface area contributed by atoms with Crippen LogP contribution in [0, 0.1) is 0 Å². The van der Waals surface area contributed by atoms with Crippen LogP contribution < -0.4 is 4.90 Å². The molecule has 0 bridgehead atoms. The number of aromatic hydroxyl groups is 1. The quantitative estimate of drug-likeness (QED) is 0.646. The molecule has 4 rings (SSSR count). The molecule has 1 amide bonds. The van der Waals surface area contributed by atoms with E-state index < -0.39 is 0 Å². The van der Waals surface area contributed by atoms with Crippen molar-refractivity contribution in [3.63, 3.8) is 0 Å². The number of carbonyl (C=O) groups is 1. The van der Waals surface area contributed by atoms with E-state index in [9.17, 15) is 9.90 Å². The summed E-state index contributed by atoms with van der Waals surface area (Å²) < 4.78 is 0. The molecule has 2 aromatic carbocycles. The number of para-hydroxylation sites is 2. The van der Waals surface area contributed by atoms with Gasteiger partial charge in [0.15, 0.2) is 5.16 Å². The van der Waals surface area contributed by atoms with Crippen molar-refractivity contribution < 1.29 is 9.90 Å². The zero-order chi connectivity index (χ0) is 19.3. The van der Waals surface area contributed by atoms with Gasteiger partial charge in [-0.3, -0.25) is 9.89 Å². The summed E-state index contributed by atoms with van der Waals surface area (Å²) in [5.41, 5.74) is 2.65. The molecule has 0 atom stereocenters. The number of phenols is 1. The number of nitrogens with zero attached hydrogens (tertiary/aromatic N) is 4. The van der Waals surface area contributed by atoms with Crippen molar-refractivity contribution >= 4 is 23.4 Å². The minimum atomic E-state index is 0.0476. The molecule has 0 radical (unpaired) electrons. The molecule has 1 fully saturated rings. The summed E-state index contributed by atoms with van der Waals surface area (Å²) in [6.07, 6.45) is 1.49. The Kier molecular flexibility index (Phi) is 5.48. The SMILES string of the molecule is O=C(c1ccc(CSc2ncn[nH]2)cc1)N1CCN(c2ccccc2O)CC1. The molecule has 1 aliphatic heterocycles. The summed E-state index contributed by atoms with van der Waals surface area (Å²) in [5.74, 6) is 1.09. The first-order chi connectivity index (χ1) is 13.7. The number of H-pyrrole nitrogens is 1. The molecule has 1 aliphatic rings. The monoisotopic (exact) mass is 395 g/mol. The standard InChI is InChI=1S/C20H21N5O2S/c26-18-4-2-1-3-17(18)24-9-11-25(12-10-24)19(27)16-7-5-15(6-8-16)13-28-20-21-14-22-23-20/h1-8,14,26H,9-13H2,(H,21,22,23). The number of rotatable bonds is 5. The van der Waals surface area contributed by atoms with E-state index in [0.29, 0.717) is 31.7 Å². The first kappa shape index (κ1) is 18.4. The molecule has 2 heterocycles. The summed E-state index contributed by atoms with van der Waals surface area (Å²) in [4.78, 5) is 20.9. The normalized spacial score (nSPS) is 14.3. The molecule has 7 nitrogen and oxygen atoms in total. The van der Waals surface area contributed by atoms with Gasteiger partial charge in [-0.25, -0.2) is 4.98 Å². The van der Waals surface area contributed by atoms with E-state index in [1.165, 1.54) is 6.33 Å². The number of aromatic amines is 1. The Morgan fingerprint density at radius 3 is 2.50 bits per heavy atom. The van der Waals surface area contributed by atoms with Crippen molar-refractivity contribution in [2.24, 2.45) is 0 Å². The van der Waals surface area contributed by atoms with Crippen LogP contribution in [0.25, 0.3) is 0 Å². The van der Waals surface area contributed by atoms with Crippen LogP contribution in [0.15, 0.2) is 60.0 Å². The van der Waals surface area contributed by atoms with Crippen molar-refractivity contribution in [2.45, 2.75) is 10.9 Å². The zero-order valence-electron chi connectivity index (χ0n) is 15.3. The Morgan fingerprint density at radius 1 is 1.07 bits per heavy atom. The highest BCUT2D eigenvalue weighted by Gasteiger charge is 2.23. The Labute approximate surface area is 167 Å². The maximum atomic E-state index is 12.8. The zero-order valence-corrected chi connectivity index (χ0v) is 16.1. The molecule has 0 aliphatic carbocycles. The van der Waals surface area contributed by atoms with Gasteiger partial charge in [-0.05, 0) is 29.8 Å². The van der Waals surface area contributed by atoms with Crippen molar-refractivity contribution in [1.29, 1.82) is 0 Å². The third kappa shape index (κ3) is 4.12. The third-order valence-electron chi connectivity index (χ3n) is 4.76. The van der Waals surface area contributed by atoms with Crippen LogP contribution in [0.3, 0.4) is 0 Å². The molecule has 144 valence electrons. The van der Waals surface area contributed by atoms with Gasteiger partial charge in [0, 0.05) is 37.5 Å². The van der Waals surface area contributed by atoms with Crippen molar-refractivity contribution in [3.05, 3.63) is 66.0 Å². The predicted octanol–water partition coefficient (Wildman–Crippen LogP) is 2.77. The second-order valence-corrected chi connectivity index (χ2v) is 7.51. The number of hydrogen-bond donors (Lipinski definition) is 2. The highest BCUT2D eigenvalue weighted by atomic mass is 32.2. The molecule has 8 heteroatoms. The molecule has 1 aromatic heterocycles. The van der Waals surface area contributed by atoms with Crippen LogP contribution in [0.4, 0.5) is 5.69 Å². The summed E-state index contributed by atoms with van der Waals surface area (Å²) in [7, 11) is 0. The average molecular weight is 395 g/mol. The molecular formula is C20H21N5O2S. The molecular weight excluding hydrogens is 374 g/mol. The van der Waals surface area contributed by atoms with Crippen molar-refractivity contribution in [2.75, 3.05) is 31.1 Å². The average Bonchev–Trinajstić information content (AvgIpc) is 3.26. The van der Waals surface area contributed by atoms with E-state index in [1.807, 2.05) is 47.4 Å². The summed E-state index contributed by atoms with van der Waals surface area (Å²) >= 11 is 1.57. The lowest BCUT2D eigenvalue weighted by atomic mass is 10.1. The van der Waals surface area contributed by atoms with E-state index in [-0.39, 0.29) is 11.7 Å².